The monoisotopic (exact) mass is 314 g/mol. The third-order valence-corrected chi connectivity index (χ3v) is 3.09. The molecule has 78 valence electrons. The highest BCUT2D eigenvalue weighted by molar-refractivity contribution is 14.1. The number of aliphatic hydroxyl groups is 1. The fourth-order valence-corrected chi connectivity index (χ4v) is 1.92. The zero-order valence-corrected chi connectivity index (χ0v) is 9.33. The Labute approximate surface area is 93.5 Å². The van der Waals surface area contributed by atoms with Gasteiger partial charge < -0.3 is 10.8 Å². The molecule has 0 aromatic carbocycles. The average Bonchev–Trinajstić information content (AvgIpc) is 2.17. The van der Waals surface area contributed by atoms with Crippen LogP contribution in [0.3, 0.4) is 0 Å². The largest absolute Gasteiger partial charge is 0.392 e. The van der Waals surface area contributed by atoms with Crippen molar-refractivity contribution in [3.63, 3.8) is 0 Å². The Morgan fingerprint density at radius 2 is 2.21 bits per heavy atom. The predicted molar refractivity (Wildman–Crippen MR) is 55.7 cm³/mol. The zero-order chi connectivity index (χ0) is 10.7. The van der Waals surface area contributed by atoms with Crippen molar-refractivity contribution < 1.29 is 13.9 Å². The van der Waals surface area contributed by atoms with Crippen molar-refractivity contribution in [3.8, 4) is 0 Å². The quantitative estimate of drug-likeness (QED) is 0.833. The van der Waals surface area contributed by atoms with Crippen LogP contribution in [0, 0.1) is 3.57 Å². The van der Waals surface area contributed by atoms with Crippen LogP contribution >= 0.6 is 22.6 Å². The number of aromatic nitrogens is 1. The first-order chi connectivity index (χ1) is 6.61. The first-order valence-corrected chi connectivity index (χ1v) is 4.94. The molecule has 0 radical (unpaired) electrons. The minimum Gasteiger partial charge on any atom is -0.392 e. The summed E-state index contributed by atoms with van der Waals surface area (Å²) in [7, 11) is 0. The maximum absolute atomic E-state index is 12.4. The van der Waals surface area contributed by atoms with Gasteiger partial charge in [0.15, 0.2) is 0 Å². The SMILES string of the molecule is NCc1ncc(C(F)F)c(CO)c1I. The van der Waals surface area contributed by atoms with Crippen molar-refractivity contribution in [3.05, 3.63) is 26.6 Å². The summed E-state index contributed by atoms with van der Waals surface area (Å²) in [6.07, 6.45) is -1.55. The third kappa shape index (κ3) is 2.18. The van der Waals surface area contributed by atoms with Gasteiger partial charge in [0, 0.05) is 27.4 Å². The van der Waals surface area contributed by atoms with Crippen molar-refractivity contribution in [1.29, 1.82) is 0 Å². The van der Waals surface area contributed by atoms with E-state index >= 15 is 0 Å². The lowest BCUT2D eigenvalue weighted by Crippen LogP contribution is -2.08. The number of halogens is 3. The van der Waals surface area contributed by atoms with Crippen LogP contribution in [0.4, 0.5) is 8.78 Å². The van der Waals surface area contributed by atoms with E-state index < -0.39 is 13.0 Å². The van der Waals surface area contributed by atoms with Gasteiger partial charge in [0.05, 0.1) is 12.3 Å². The lowest BCUT2D eigenvalue weighted by molar-refractivity contribution is 0.146. The highest BCUT2D eigenvalue weighted by Crippen LogP contribution is 2.27. The van der Waals surface area contributed by atoms with E-state index in [1.54, 1.807) is 0 Å². The van der Waals surface area contributed by atoms with E-state index in [4.69, 9.17) is 10.8 Å². The lowest BCUT2D eigenvalue weighted by atomic mass is 10.1. The number of aliphatic hydroxyl groups excluding tert-OH is 1. The Morgan fingerprint density at radius 3 is 2.64 bits per heavy atom. The Hall–Kier alpha value is -0.340. The average molecular weight is 314 g/mol. The second-order valence-corrected chi connectivity index (χ2v) is 3.69. The fourth-order valence-electron chi connectivity index (χ4n) is 1.07. The number of alkyl halides is 2. The highest BCUT2D eigenvalue weighted by Gasteiger charge is 2.17. The van der Waals surface area contributed by atoms with Gasteiger partial charge in [0.25, 0.3) is 6.43 Å². The normalized spacial score (nSPS) is 11.0. The number of nitrogens with zero attached hydrogens (tertiary/aromatic N) is 1. The van der Waals surface area contributed by atoms with E-state index in [0.29, 0.717) is 9.26 Å². The second-order valence-electron chi connectivity index (χ2n) is 2.62. The smallest absolute Gasteiger partial charge is 0.265 e. The van der Waals surface area contributed by atoms with E-state index in [1.807, 2.05) is 22.6 Å². The summed E-state index contributed by atoms with van der Waals surface area (Å²) in [6.45, 7) is -0.248. The van der Waals surface area contributed by atoms with Crippen molar-refractivity contribution in [1.82, 2.24) is 4.98 Å². The molecule has 0 aliphatic rings. The van der Waals surface area contributed by atoms with Gasteiger partial charge in [-0.1, -0.05) is 0 Å². The molecule has 0 saturated carbocycles. The number of rotatable bonds is 3. The Morgan fingerprint density at radius 1 is 1.57 bits per heavy atom. The van der Waals surface area contributed by atoms with Crippen molar-refractivity contribution >= 4 is 22.6 Å². The summed E-state index contributed by atoms with van der Waals surface area (Å²) < 4.78 is 25.4. The van der Waals surface area contributed by atoms with E-state index in [-0.39, 0.29) is 17.7 Å². The standard InChI is InChI=1S/C8H9F2IN2O/c9-8(10)4-2-13-6(1-12)7(11)5(4)3-14/h2,8,14H,1,3,12H2. The lowest BCUT2D eigenvalue weighted by Gasteiger charge is -2.10. The summed E-state index contributed by atoms with van der Waals surface area (Å²) in [5.41, 5.74) is 5.88. The molecule has 1 aromatic rings. The summed E-state index contributed by atoms with van der Waals surface area (Å²) >= 11 is 1.86. The van der Waals surface area contributed by atoms with Gasteiger partial charge in [-0.25, -0.2) is 8.78 Å². The van der Waals surface area contributed by atoms with Crippen LogP contribution in [0.15, 0.2) is 6.20 Å². The third-order valence-electron chi connectivity index (χ3n) is 1.81. The van der Waals surface area contributed by atoms with Crippen LogP contribution in [0.5, 0.6) is 0 Å². The molecule has 0 saturated heterocycles. The Kier molecular flexibility index (Phi) is 4.14. The molecule has 3 N–H and O–H groups in total. The molecular formula is C8H9F2IN2O. The molecule has 1 aromatic heterocycles. The maximum atomic E-state index is 12.4. The minimum atomic E-state index is -2.62. The molecule has 0 fully saturated rings. The molecule has 0 bridgehead atoms. The molecule has 1 rings (SSSR count). The summed E-state index contributed by atoms with van der Waals surface area (Å²) in [6, 6.07) is 0. The van der Waals surface area contributed by atoms with Gasteiger partial charge in [0.1, 0.15) is 0 Å². The Balaban J connectivity index is 3.28. The molecular weight excluding hydrogens is 305 g/mol. The van der Waals surface area contributed by atoms with E-state index in [1.165, 1.54) is 0 Å². The molecule has 6 heteroatoms. The molecule has 0 amide bonds. The number of hydrogen-bond acceptors (Lipinski definition) is 3. The maximum Gasteiger partial charge on any atom is 0.265 e. The van der Waals surface area contributed by atoms with Crippen molar-refractivity contribution in [2.45, 2.75) is 19.6 Å². The number of pyridine rings is 1. The van der Waals surface area contributed by atoms with E-state index in [9.17, 15) is 8.78 Å². The molecule has 0 aliphatic carbocycles. The van der Waals surface area contributed by atoms with Crippen LogP contribution in [0.2, 0.25) is 0 Å². The topological polar surface area (TPSA) is 59.1 Å². The fraction of sp³-hybridized carbons (Fsp3) is 0.375. The second kappa shape index (κ2) is 4.94. The Bertz CT molecular complexity index is 333. The van der Waals surface area contributed by atoms with Crippen LogP contribution < -0.4 is 5.73 Å². The van der Waals surface area contributed by atoms with Crippen LogP contribution in [-0.4, -0.2) is 10.1 Å². The van der Waals surface area contributed by atoms with Crippen molar-refractivity contribution in [2.75, 3.05) is 0 Å². The first-order valence-electron chi connectivity index (χ1n) is 3.87. The number of nitrogens with two attached hydrogens (primary N) is 1. The van der Waals surface area contributed by atoms with Gasteiger partial charge in [-0.2, -0.15) is 0 Å². The summed E-state index contributed by atoms with van der Waals surface area (Å²) in [5.74, 6) is 0. The van der Waals surface area contributed by atoms with Gasteiger partial charge in [-0.3, -0.25) is 4.98 Å². The van der Waals surface area contributed by atoms with Gasteiger partial charge in [-0.15, -0.1) is 0 Å². The molecule has 1 heterocycles. The molecule has 0 aliphatic heterocycles. The van der Waals surface area contributed by atoms with E-state index in [0.717, 1.165) is 6.20 Å². The zero-order valence-electron chi connectivity index (χ0n) is 7.17. The highest BCUT2D eigenvalue weighted by atomic mass is 127. The first kappa shape index (κ1) is 11.7. The van der Waals surface area contributed by atoms with Gasteiger partial charge in [0.2, 0.25) is 0 Å². The molecule has 3 nitrogen and oxygen atoms in total. The van der Waals surface area contributed by atoms with E-state index in [2.05, 4.69) is 4.98 Å². The molecule has 0 unspecified atom stereocenters. The van der Waals surface area contributed by atoms with Crippen molar-refractivity contribution in [2.24, 2.45) is 5.73 Å². The molecule has 14 heavy (non-hydrogen) atoms. The van der Waals surface area contributed by atoms with Gasteiger partial charge >= 0.3 is 0 Å². The summed E-state index contributed by atoms with van der Waals surface area (Å²) in [4.78, 5) is 3.80. The van der Waals surface area contributed by atoms with Crippen LogP contribution in [-0.2, 0) is 13.2 Å². The molecule has 0 atom stereocenters. The van der Waals surface area contributed by atoms with Gasteiger partial charge in [-0.05, 0) is 22.6 Å². The number of hydrogen-bond donors (Lipinski definition) is 2. The predicted octanol–water partition coefficient (Wildman–Crippen LogP) is 1.57. The minimum absolute atomic E-state index is 0.175. The van der Waals surface area contributed by atoms with Crippen LogP contribution in [0.1, 0.15) is 23.2 Å². The summed E-state index contributed by atoms with van der Waals surface area (Å²) in [5, 5.41) is 8.96. The molecule has 0 spiro atoms. The van der Waals surface area contributed by atoms with Crippen LogP contribution in [0.25, 0.3) is 0 Å².